The number of carbonyl (C=O) groups excluding carboxylic acids is 1. The van der Waals surface area contributed by atoms with E-state index < -0.39 is 0 Å². The highest BCUT2D eigenvalue weighted by Crippen LogP contribution is 2.08. The van der Waals surface area contributed by atoms with Gasteiger partial charge in [0.05, 0.1) is 6.42 Å². The number of carbonyl (C=O) groups is 1. The van der Waals surface area contributed by atoms with Gasteiger partial charge in [-0.15, -0.1) is 0 Å². The Bertz CT molecular complexity index is 498. The van der Waals surface area contributed by atoms with E-state index in [4.69, 9.17) is 10.9 Å². The largest absolute Gasteiger partial charge is 0.409 e. The van der Waals surface area contributed by atoms with E-state index in [1.165, 1.54) is 0 Å². The summed E-state index contributed by atoms with van der Waals surface area (Å²) in [6.07, 6.45) is 1.35. The van der Waals surface area contributed by atoms with E-state index in [2.05, 4.69) is 22.4 Å². The highest BCUT2D eigenvalue weighted by Gasteiger charge is 2.20. The van der Waals surface area contributed by atoms with Gasteiger partial charge in [0.2, 0.25) is 5.91 Å². The Balaban J connectivity index is 1.88. The zero-order valence-electron chi connectivity index (χ0n) is 11.5. The monoisotopic (exact) mass is 276 g/mol. The van der Waals surface area contributed by atoms with Crippen molar-refractivity contribution in [3.63, 3.8) is 0 Å². The van der Waals surface area contributed by atoms with E-state index in [9.17, 15) is 4.79 Å². The molecule has 0 bridgehead atoms. The second-order valence-electron chi connectivity index (χ2n) is 5.17. The van der Waals surface area contributed by atoms with Crippen LogP contribution < -0.4 is 11.1 Å². The van der Waals surface area contributed by atoms with Gasteiger partial charge in [-0.1, -0.05) is 29.4 Å². The van der Waals surface area contributed by atoms with Crippen molar-refractivity contribution >= 4 is 11.7 Å². The average molecular weight is 276 g/mol. The molecule has 20 heavy (non-hydrogen) atoms. The van der Waals surface area contributed by atoms with Crippen LogP contribution in [0.15, 0.2) is 29.4 Å². The number of hydrogen-bond acceptors (Lipinski definition) is 4. The third kappa shape index (κ3) is 3.71. The number of rotatable bonds is 4. The van der Waals surface area contributed by atoms with Crippen LogP contribution in [0.4, 0.5) is 0 Å². The molecule has 108 valence electrons. The molecule has 1 aliphatic rings. The lowest BCUT2D eigenvalue weighted by Gasteiger charge is -2.13. The number of amidine groups is 1. The third-order valence-corrected chi connectivity index (χ3v) is 3.48. The minimum atomic E-state index is 0.0295. The molecular weight excluding hydrogens is 256 g/mol. The van der Waals surface area contributed by atoms with Gasteiger partial charge < -0.3 is 21.2 Å². The molecule has 6 nitrogen and oxygen atoms in total. The number of nitrogens with one attached hydrogen (secondary N) is 1. The predicted octanol–water partition coefficient (Wildman–Crippen LogP) is 0.144. The second kappa shape index (κ2) is 6.38. The molecule has 0 spiro atoms. The number of oxime groups is 1. The number of likely N-dealkylation sites (tertiary alicyclic amines) is 1. The molecule has 1 aromatic carbocycles. The zero-order valence-corrected chi connectivity index (χ0v) is 11.5. The first-order valence-corrected chi connectivity index (χ1v) is 6.63. The Kier molecular flexibility index (Phi) is 4.57. The fourth-order valence-electron chi connectivity index (χ4n) is 2.37. The lowest BCUT2D eigenvalue weighted by atomic mass is 10.1. The Morgan fingerprint density at radius 1 is 1.50 bits per heavy atom. The van der Waals surface area contributed by atoms with E-state index in [1.807, 2.05) is 12.1 Å². The smallest absolute Gasteiger partial charge is 0.224 e. The van der Waals surface area contributed by atoms with Gasteiger partial charge in [-0.3, -0.25) is 4.79 Å². The average Bonchev–Trinajstić information content (AvgIpc) is 2.84. The molecule has 2 rings (SSSR count). The number of amides is 1. The fourth-order valence-corrected chi connectivity index (χ4v) is 2.37. The van der Waals surface area contributed by atoms with Crippen molar-refractivity contribution in [2.75, 3.05) is 20.1 Å². The van der Waals surface area contributed by atoms with E-state index in [1.54, 1.807) is 12.1 Å². The minimum Gasteiger partial charge on any atom is -0.409 e. The Morgan fingerprint density at radius 3 is 2.75 bits per heavy atom. The highest BCUT2D eigenvalue weighted by atomic mass is 16.4. The first kappa shape index (κ1) is 14.3. The van der Waals surface area contributed by atoms with Crippen molar-refractivity contribution in [2.24, 2.45) is 10.9 Å². The molecule has 1 aromatic rings. The van der Waals surface area contributed by atoms with Gasteiger partial charge >= 0.3 is 0 Å². The molecule has 0 aliphatic carbocycles. The van der Waals surface area contributed by atoms with Crippen molar-refractivity contribution < 1.29 is 10.0 Å². The zero-order chi connectivity index (χ0) is 14.5. The number of likely N-dealkylation sites (N-methyl/N-ethyl adjacent to an activating group) is 1. The van der Waals surface area contributed by atoms with Crippen molar-refractivity contribution in [3.05, 3.63) is 35.4 Å². The normalized spacial score (nSPS) is 20.1. The molecule has 1 atom stereocenters. The molecular formula is C14H20N4O2. The lowest BCUT2D eigenvalue weighted by Crippen LogP contribution is -2.37. The van der Waals surface area contributed by atoms with E-state index in [0.29, 0.717) is 12.0 Å². The second-order valence-corrected chi connectivity index (χ2v) is 5.17. The molecule has 0 radical (unpaired) electrons. The van der Waals surface area contributed by atoms with Gasteiger partial charge in [-0.05, 0) is 25.6 Å². The van der Waals surface area contributed by atoms with Crippen LogP contribution in [0.25, 0.3) is 0 Å². The Hall–Kier alpha value is -2.08. The maximum atomic E-state index is 11.9. The van der Waals surface area contributed by atoms with Crippen LogP contribution in [0.2, 0.25) is 0 Å². The van der Waals surface area contributed by atoms with Crippen LogP contribution in [0, 0.1) is 0 Å². The number of hydrogen-bond donors (Lipinski definition) is 3. The summed E-state index contributed by atoms with van der Waals surface area (Å²) in [5.41, 5.74) is 7.02. The SMILES string of the molecule is CN1CCC(NC(=O)Cc2ccc(C(N)=NO)cc2)C1. The van der Waals surface area contributed by atoms with Crippen LogP contribution in [-0.4, -0.2) is 48.0 Å². The van der Waals surface area contributed by atoms with E-state index in [-0.39, 0.29) is 17.8 Å². The quantitative estimate of drug-likeness (QED) is 0.316. The highest BCUT2D eigenvalue weighted by molar-refractivity contribution is 5.97. The lowest BCUT2D eigenvalue weighted by molar-refractivity contribution is -0.121. The molecule has 0 saturated carbocycles. The topological polar surface area (TPSA) is 91.0 Å². The summed E-state index contributed by atoms with van der Waals surface area (Å²) in [5.74, 6) is 0.0943. The Labute approximate surface area is 118 Å². The van der Waals surface area contributed by atoms with Gasteiger partial charge in [-0.25, -0.2) is 0 Å². The summed E-state index contributed by atoms with van der Waals surface area (Å²) >= 11 is 0. The maximum Gasteiger partial charge on any atom is 0.224 e. The molecule has 0 aromatic heterocycles. The van der Waals surface area contributed by atoms with Crippen LogP contribution in [0.3, 0.4) is 0 Å². The van der Waals surface area contributed by atoms with Crippen molar-refractivity contribution in [2.45, 2.75) is 18.9 Å². The van der Waals surface area contributed by atoms with Gasteiger partial charge in [0.15, 0.2) is 5.84 Å². The molecule has 1 unspecified atom stereocenters. The summed E-state index contributed by atoms with van der Waals surface area (Å²) in [4.78, 5) is 14.1. The number of nitrogens with zero attached hydrogens (tertiary/aromatic N) is 2. The van der Waals surface area contributed by atoms with Crippen LogP contribution in [0.1, 0.15) is 17.5 Å². The summed E-state index contributed by atoms with van der Waals surface area (Å²) in [6, 6.07) is 7.35. The van der Waals surface area contributed by atoms with Crippen LogP contribution in [-0.2, 0) is 11.2 Å². The van der Waals surface area contributed by atoms with E-state index in [0.717, 1.165) is 25.1 Å². The molecule has 4 N–H and O–H groups in total. The molecule has 1 aliphatic heterocycles. The molecule has 1 heterocycles. The fraction of sp³-hybridized carbons (Fsp3) is 0.429. The first-order chi connectivity index (χ1) is 9.58. The van der Waals surface area contributed by atoms with E-state index >= 15 is 0 Å². The minimum absolute atomic E-state index is 0.0295. The first-order valence-electron chi connectivity index (χ1n) is 6.63. The van der Waals surface area contributed by atoms with Crippen molar-refractivity contribution in [3.8, 4) is 0 Å². The summed E-state index contributed by atoms with van der Waals surface area (Å²) in [7, 11) is 2.05. The number of benzene rings is 1. The predicted molar refractivity (Wildman–Crippen MR) is 76.7 cm³/mol. The van der Waals surface area contributed by atoms with Gasteiger partial charge in [0.1, 0.15) is 0 Å². The van der Waals surface area contributed by atoms with Crippen LogP contribution >= 0.6 is 0 Å². The number of nitrogens with two attached hydrogens (primary N) is 1. The van der Waals surface area contributed by atoms with Crippen molar-refractivity contribution in [1.82, 2.24) is 10.2 Å². The van der Waals surface area contributed by atoms with Gasteiger partial charge in [-0.2, -0.15) is 0 Å². The standard InChI is InChI=1S/C14H20N4O2/c1-18-7-6-12(9-18)16-13(19)8-10-2-4-11(5-3-10)14(15)17-20/h2-5,12,20H,6-9H2,1H3,(H2,15,17)(H,16,19). The van der Waals surface area contributed by atoms with Gasteiger partial charge in [0.25, 0.3) is 0 Å². The molecule has 1 saturated heterocycles. The summed E-state index contributed by atoms with van der Waals surface area (Å²) < 4.78 is 0. The maximum absolute atomic E-state index is 11.9. The molecule has 6 heteroatoms. The van der Waals surface area contributed by atoms with Crippen molar-refractivity contribution in [1.29, 1.82) is 0 Å². The summed E-state index contributed by atoms with van der Waals surface area (Å²) in [6.45, 7) is 1.94. The molecule has 1 amide bonds. The van der Waals surface area contributed by atoms with Crippen LogP contribution in [0.5, 0.6) is 0 Å². The molecule has 1 fully saturated rings. The van der Waals surface area contributed by atoms with Gasteiger partial charge in [0, 0.05) is 18.2 Å². The third-order valence-electron chi connectivity index (χ3n) is 3.48. The Morgan fingerprint density at radius 2 is 2.20 bits per heavy atom. The summed E-state index contributed by atoms with van der Waals surface area (Å²) in [5, 5.41) is 14.6.